The minimum absolute atomic E-state index is 0.00256. The smallest absolute Gasteiger partial charge is 0.348 e. The molecule has 5 aromatic rings. The number of nitrogens with zero attached hydrogens (tertiary/aromatic N) is 8. The Morgan fingerprint density at radius 3 is 2.57 bits per heavy atom. The van der Waals surface area contributed by atoms with Crippen LogP contribution in [0.3, 0.4) is 0 Å². The Balaban J connectivity index is 1.33. The first-order chi connectivity index (χ1) is 22.2. The number of hydrogen-bond donors (Lipinski definition) is 1. The molecule has 0 radical (unpaired) electrons. The van der Waals surface area contributed by atoms with Crippen LogP contribution in [0.25, 0.3) is 17.0 Å². The van der Waals surface area contributed by atoms with Crippen molar-refractivity contribution >= 4 is 33.5 Å². The fourth-order valence-electron chi connectivity index (χ4n) is 5.68. The molecular formula is C31H28BrF4N9O2. The Hall–Kier alpha value is -4.73. The van der Waals surface area contributed by atoms with Gasteiger partial charge in [-0.3, -0.25) is 18.7 Å². The highest BCUT2D eigenvalue weighted by Crippen LogP contribution is 2.33. The lowest BCUT2D eigenvalue weighted by atomic mass is 9.95. The summed E-state index contributed by atoms with van der Waals surface area (Å²) in [6, 6.07) is 4.19. The number of hydrogen-bond acceptors (Lipinski definition) is 7. The fraction of sp³-hybridized carbons (Fsp3) is 0.323. The first kappa shape index (κ1) is 32.2. The number of benzene rings is 1. The molecule has 5 heterocycles. The molecule has 244 valence electrons. The van der Waals surface area contributed by atoms with Crippen LogP contribution in [0, 0.1) is 12.7 Å². The van der Waals surface area contributed by atoms with Crippen molar-refractivity contribution in [2.75, 3.05) is 6.54 Å². The number of aryl methyl sites for hydroxylation is 1. The average molecular weight is 715 g/mol. The highest BCUT2D eigenvalue weighted by atomic mass is 79.9. The van der Waals surface area contributed by atoms with Crippen LogP contribution < -0.4 is 5.32 Å². The van der Waals surface area contributed by atoms with Crippen LogP contribution in [0.2, 0.25) is 0 Å². The number of amides is 2. The number of alkyl halides is 3. The van der Waals surface area contributed by atoms with Crippen molar-refractivity contribution in [1.82, 2.24) is 44.3 Å². The van der Waals surface area contributed by atoms with Gasteiger partial charge in [0.1, 0.15) is 17.7 Å². The van der Waals surface area contributed by atoms with Gasteiger partial charge in [0.25, 0.3) is 5.91 Å². The molecule has 0 saturated carbocycles. The topological polar surface area (TPSA) is 123 Å². The van der Waals surface area contributed by atoms with E-state index in [1.54, 1.807) is 49.8 Å². The Bertz CT molecular complexity index is 1990. The van der Waals surface area contributed by atoms with Gasteiger partial charge < -0.3 is 10.2 Å². The molecule has 1 aliphatic heterocycles. The van der Waals surface area contributed by atoms with E-state index in [4.69, 9.17) is 0 Å². The highest BCUT2D eigenvalue weighted by Gasteiger charge is 2.40. The van der Waals surface area contributed by atoms with Gasteiger partial charge in [-0.15, -0.1) is 0 Å². The number of imidazole rings is 1. The van der Waals surface area contributed by atoms with E-state index < -0.39 is 41.1 Å². The van der Waals surface area contributed by atoms with Crippen molar-refractivity contribution in [3.8, 4) is 11.3 Å². The zero-order valence-corrected chi connectivity index (χ0v) is 27.0. The molecule has 1 N–H and O–H groups in total. The lowest BCUT2D eigenvalue weighted by Crippen LogP contribution is -2.58. The first-order valence-electron chi connectivity index (χ1n) is 14.5. The third-order valence-electron chi connectivity index (χ3n) is 7.88. The molecule has 6 rings (SSSR count). The van der Waals surface area contributed by atoms with Crippen molar-refractivity contribution < 1.29 is 27.2 Å². The van der Waals surface area contributed by atoms with E-state index in [1.165, 1.54) is 29.4 Å². The van der Waals surface area contributed by atoms with Gasteiger partial charge in [0.15, 0.2) is 5.69 Å². The van der Waals surface area contributed by atoms with Gasteiger partial charge in [0.2, 0.25) is 11.7 Å². The summed E-state index contributed by atoms with van der Waals surface area (Å²) >= 11 is 3.39. The van der Waals surface area contributed by atoms with Crippen LogP contribution in [0.15, 0.2) is 59.7 Å². The first-order valence-corrected chi connectivity index (χ1v) is 15.3. The number of halogens is 5. The molecule has 4 aromatic heterocycles. The molecule has 2 amide bonds. The van der Waals surface area contributed by atoms with Crippen LogP contribution in [0.1, 0.15) is 47.0 Å². The average Bonchev–Trinajstić information content (AvgIpc) is 3.62. The van der Waals surface area contributed by atoms with Gasteiger partial charge in [0, 0.05) is 53.5 Å². The number of carbonyl (C=O) groups excluding carboxylic acids is 2. The van der Waals surface area contributed by atoms with Gasteiger partial charge in [0.05, 0.1) is 29.5 Å². The molecule has 47 heavy (non-hydrogen) atoms. The summed E-state index contributed by atoms with van der Waals surface area (Å²) in [6.45, 7) is 4.86. The minimum Gasteiger partial charge on any atom is -0.348 e. The minimum atomic E-state index is -4.72. The van der Waals surface area contributed by atoms with Crippen molar-refractivity contribution in [3.63, 3.8) is 0 Å². The van der Waals surface area contributed by atoms with E-state index >= 15 is 4.39 Å². The molecule has 0 bridgehead atoms. The van der Waals surface area contributed by atoms with Gasteiger partial charge in [-0.2, -0.15) is 18.3 Å². The van der Waals surface area contributed by atoms with E-state index in [-0.39, 0.29) is 37.2 Å². The third-order valence-corrected chi connectivity index (χ3v) is 8.63. The van der Waals surface area contributed by atoms with E-state index in [0.29, 0.717) is 32.9 Å². The van der Waals surface area contributed by atoms with Gasteiger partial charge in [-0.05, 0) is 57.0 Å². The molecule has 11 nitrogen and oxygen atoms in total. The van der Waals surface area contributed by atoms with E-state index in [1.807, 2.05) is 0 Å². The lowest BCUT2D eigenvalue weighted by molar-refractivity contribution is -0.141. The molecule has 16 heteroatoms. The molecule has 0 saturated heterocycles. The molecule has 1 atom stereocenters. The molecule has 0 aliphatic carbocycles. The standard InChI is InChI=1S/C31H28BrF4N9O2/c1-17-38-13-18(14-39-17)23-12-25(31(34,35)36)42-45(23)16-30(2,3)41-27(46)24(11-19-15-40-29-37-8-4-9-43(19)29)44-10-7-20-21(32)5-6-22(33)26(20)28(44)47/h4-6,8-9,12-15,24H,7,10-11,16H2,1-3H3,(H,41,46)/t24-/m1/s1. The van der Waals surface area contributed by atoms with Crippen molar-refractivity contribution in [2.24, 2.45) is 0 Å². The van der Waals surface area contributed by atoms with E-state index in [0.717, 1.165) is 10.7 Å². The maximum Gasteiger partial charge on any atom is 0.435 e. The Morgan fingerprint density at radius 1 is 1.11 bits per heavy atom. The largest absolute Gasteiger partial charge is 0.435 e. The quantitative estimate of drug-likeness (QED) is 0.229. The van der Waals surface area contributed by atoms with Gasteiger partial charge in [-0.1, -0.05) is 15.9 Å². The lowest BCUT2D eigenvalue weighted by Gasteiger charge is -2.37. The Morgan fingerprint density at radius 2 is 1.85 bits per heavy atom. The Labute approximate surface area is 274 Å². The summed E-state index contributed by atoms with van der Waals surface area (Å²) in [5, 5.41) is 6.73. The molecule has 0 spiro atoms. The number of carbonyl (C=O) groups is 2. The normalized spacial score (nSPS) is 14.4. The molecule has 1 aromatic carbocycles. The zero-order chi connectivity index (χ0) is 33.7. The third kappa shape index (κ3) is 6.46. The summed E-state index contributed by atoms with van der Waals surface area (Å²) in [7, 11) is 0. The second-order valence-electron chi connectivity index (χ2n) is 11.9. The van der Waals surface area contributed by atoms with Crippen molar-refractivity contribution in [3.05, 3.63) is 93.9 Å². The second-order valence-corrected chi connectivity index (χ2v) is 12.7. The second kappa shape index (κ2) is 12.1. The van der Waals surface area contributed by atoms with Crippen LogP contribution in [0.5, 0.6) is 0 Å². The van der Waals surface area contributed by atoms with Crippen LogP contribution in [-0.4, -0.2) is 69.0 Å². The summed E-state index contributed by atoms with van der Waals surface area (Å²) in [5.74, 6) is -1.12. The number of aromatic nitrogens is 7. The number of rotatable bonds is 8. The van der Waals surface area contributed by atoms with E-state index in [2.05, 4.69) is 46.3 Å². The predicted molar refractivity (Wildman–Crippen MR) is 165 cm³/mol. The predicted octanol–water partition coefficient (Wildman–Crippen LogP) is 4.82. The van der Waals surface area contributed by atoms with Crippen LogP contribution in [0.4, 0.5) is 17.6 Å². The molecule has 1 aliphatic rings. The molecular weight excluding hydrogens is 686 g/mol. The van der Waals surface area contributed by atoms with Gasteiger partial charge in [-0.25, -0.2) is 24.3 Å². The molecule has 0 fully saturated rings. The van der Waals surface area contributed by atoms with Crippen molar-refractivity contribution in [1.29, 1.82) is 0 Å². The monoisotopic (exact) mass is 713 g/mol. The van der Waals surface area contributed by atoms with Crippen molar-refractivity contribution in [2.45, 2.75) is 57.9 Å². The highest BCUT2D eigenvalue weighted by molar-refractivity contribution is 9.10. The van der Waals surface area contributed by atoms with Crippen LogP contribution >= 0.6 is 15.9 Å². The van der Waals surface area contributed by atoms with Gasteiger partial charge >= 0.3 is 6.18 Å². The summed E-state index contributed by atoms with van der Waals surface area (Å²) < 4.78 is 59.7. The maximum absolute atomic E-state index is 15.0. The maximum atomic E-state index is 15.0. The van der Waals surface area contributed by atoms with E-state index in [9.17, 15) is 22.8 Å². The fourth-order valence-corrected chi connectivity index (χ4v) is 6.21. The zero-order valence-electron chi connectivity index (χ0n) is 25.4. The molecule has 0 unspecified atom stereocenters. The summed E-state index contributed by atoms with van der Waals surface area (Å²) in [4.78, 5) is 46.0. The Kier molecular flexibility index (Phi) is 8.32. The number of nitrogens with one attached hydrogen (secondary N) is 1. The van der Waals surface area contributed by atoms with Crippen LogP contribution in [-0.2, 0) is 30.4 Å². The summed E-state index contributed by atoms with van der Waals surface area (Å²) in [5.41, 5.74) is -0.914. The SMILES string of the molecule is Cc1ncc(-c2cc(C(F)(F)F)nn2CC(C)(C)NC(=O)[C@@H](Cc2cnc3ncccn23)N2CCc3c(Br)ccc(F)c3C2=O)cn1. The number of fused-ring (bicyclic) bond motifs is 2. The summed E-state index contributed by atoms with van der Waals surface area (Å²) in [6.07, 6.45) is 3.21.